The second-order valence-corrected chi connectivity index (χ2v) is 5.63. The normalized spacial score (nSPS) is 14.5. The Hall–Kier alpha value is -2.08. The van der Waals surface area contributed by atoms with Crippen molar-refractivity contribution in [1.82, 2.24) is 4.98 Å². The molecule has 0 spiro atoms. The fourth-order valence-corrected chi connectivity index (χ4v) is 3.09. The summed E-state index contributed by atoms with van der Waals surface area (Å²) in [7, 11) is 0. The summed E-state index contributed by atoms with van der Waals surface area (Å²) in [5.41, 5.74) is 14.0. The Morgan fingerprint density at radius 1 is 1.15 bits per heavy atom. The first kappa shape index (κ1) is 12.9. The largest absolute Gasteiger partial charge is 0.372 e. The molecule has 3 rings (SSSR count). The number of aliphatic imine (C=N–C) groups is 1. The highest BCUT2D eigenvalue weighted by Gasteiger charge is 2.12. The van der Waals surface area contributed by atoms with E-state index < -0.39 is 0 Å². The van der Waals surface area contributed by atoms with Crippen molar-refractivity contribution in [1.29, 1.82) is 0 Å². The first-order valence-corrected chi connectivity index (χ1v) is 7.51. The fraction of sp³-hybridized carbons (Fsp3) is 0.286. The maximum Gasteiger partial charge on any atom is 0.212 e. The third kappa shape index (κ3) is 2.75. The van der Waals surface area contributed by atoms with Gasteiger partial charge in [0.1, 0.15) is 0 Å². The summed E-state index contributed by atoms with van der Waals surface area (Å²) in [6, 6.07) is 8.50. The van der Waals surface area contributed by atoms with Gasteiger partial charge in [0.2, 0.25) is 5.13 Å². The number of hydrogen-bond donors (Lipinski definition) is 2. The van der Waals surface area contributed by atoms with Gasteiger partial charge in [-0.3, -0.25) is 0 Å². The SMILES string of the molecule is NC(N)=Nc1nc(-c2ccc(N3CCCC3)cc2)cs1. The van der Waals surface area contributed by atoms with Gasteiger partial charge >= 0.3 is 0 Å². The topological polar surface area (TPSA) is 80.5 Å². The molecule has 20 heavy (non-hydrogen) atoms. The number of nitrogens with zero attached hydrogens (tertiary/aromatic N) is 3. The number of rotatable bonds is 3. The standard InChI is InChI=1S/C14H17N5S/c15-13(16)18-14-17-12(9-20-14)10-3-5-11(6-4-10)19-7-1-2-8-19/h3-6,9H,1-2,7-8H2,(H4,15,16,17,18). The Labute approximate surface area is 122 Å². The Morgan fingerprint density at radius 2 is 1.85 bits per heavy atom. The molecule has 0 amide bonds. The minimum atomic E-state index is 0.0373. The molecule has 1 aromatic carbocycles. The van der Waals surface area contributed by atoms with E-state index in [4.69, 9.17) is 11.5 Å². The molecule has 0 bridgehead atoms. The maximum absolute atomic E-state index is 5.35. The first-order valence-electron chi connectivity index (χ1n) is 6.63. The minimum Gasteiger partial charge on any atom is -0.372 e. The number of benzene rings is 1. The van der Waals surface area contributed by atoms with Crippen LogP contribution in [0.4, 0.5) is 10.8 Å². The van der Waals surface area contributed by atoms with Gasteiger partial charge in [-0.15, -0.1) is 11.3 Å². The third-order valence-electron chi connectivity index (χ3n) is 3.35. The lowest BCUT2D eigenvalue weighted by Gasteiger charge is -2.17. The van der Waals surface area contributed by atoms with Crippen LogP contribution in [-0.2, 0) is 0 Å². The molecule has 0 saturated carbocycles. The van der Waals surface area contributed by atoms with Crippen molar-refractivity contribution in [3.05, 3.63) is 29.6 Å². The van der Waals surface area contributed by atoms with Gasteiger partial charge in [0.25, 0.3) is 0 Å². The molecule has 2 heterocycles. The number of hydrogen-bond acceptors (Lipinski definition) is 4. The smallest absolute Gasteiger partial charge is 0.212 e. The lowest BCUT2D eigenvalue weighted by Crippen LogP contribution is -2.21. The van der Waals surface area contributed by atoms with Gasteiger partial charge in [-0.2, -0.15) is 4.99 Å². The molecule has 0 radical (unpaired) electrons. The average Bonchev–Trinajstić information content (AvgIpc) is 3.09. The molecule has 0 aliphatic carbocycles. The van der Waals surface area contributed by atoms with Crippen LogP contribution in [0, 0.1) is 0 Å². The highest BCUT2D eigenvalue weighted by atomic mass is 32.1. The molecular weight excluding hydrogens is 270 g/mol. The predicted molar refractivity (Wildman–Crippen MR) is 84.5 cm³/mol. The van der Waals surface area contributed by atoms with Gasteiger partial charge < -0.3 is 16.4 Å². The zero-order valence-electron chi connectivity index (χ0n) is 11.1. The highest BCUT2D eigenvalue weighted by molar-refractivity contribution is 7.13. The van der Waals surface area contributed by atoms with Crippen LogP contribution in [0.2, 0.25) is 0 Å². The van der Waals surface area contributed by atoms with Crippen molar-refractivity contribution < 1.29 is 0 Å². The zero-order valence-corrected chi connectivity index (χ0v) is 11.9. The molecular formula is C14H17N5S. The second kappa shape index (κ2) is 5.50. The van der Waals surface area contributed by atoms with Crippen LogP contribution in [0.1, 0.15) is 12.8 Å². The van der Waals surface area contributed by atoms with E-state index in [1.807, 2.05) is 5.38 Å². The molecule has 1 aliphatic rings. The molecule has 1 fully saturated rings. The average molecular weight is 287 g/mol. The molecule has 1 aromatic heterocycles. The van der Waals surface area contributed by atoms with E-state index in [0.29, 0.717) is 5.13 Å². The lowest BCUT2D eigenvalue weighted by molar-refractivity contribution is 0.949. The Bertz CT molecular complexity index is 607. The summed E-state index contributed by atoms with van der Waals surface area (Å²) in [5, 5.41) is 2.55. The molecule has 2 aromatic rings. The van der Waals surface area contributed by atoms with E-state index in [2.05, 4.69) is 39.1 Å². The fourth-order valence-electron chi connectivity index (χ4n) is 2.38. The summed E-state index contributed by atoms with van der Waals surface area (Å²) in [5.74, 6) is 0.0373. The van der Waals surface area contributed by atoms with Crippen molar-refractivity contribution in [2.24, 2.45) is 16.5 Å². The molecule has 1 aliphatic heterocycles. The second-order valence-electron chi connectivity index (χ2n) is 4.79. The van der Waals surface area contributed by atoms with E-state index >= 15 is 0 Å². The molecule has 1 saturated heterocycles. The van der Waals surface area contributed by atoms with Gasteiger partial charge in [-0.25, -0.2) is 4.98 Å². The zero-order chi connectivity index (χ0) is 13.9. The monoisotopic (exact) mass is 287 g/mol. The van der Waals surface area contributed by atoms with Crippen LogP contribution in [-0.4, -0.2) is 24.0 Å². The van der Waals surface area contributed by atoms with E-state index in [1.54, 1.807) is 0 Å². The quantitative estimate of drug-likeness (QED) is 0.670. The van der Waals surface area contributed by atoms with Crippen LogP contribution in [0.3, 0.4) is 0 Å². The third-order valence-corrected chi connectivity index (χ3v) is 4.09. The van der Waals surface area contributed by atoms with Crippen molar-refractivity contribution in [3.8, 4) is 11.3 Å². The van der Waals surface area contributed by atoms with E-state index in [0.717, 1.165) is 24.3 Å². The van der Waals surface area contributed by atoms with E-state index in [-0.39, 0.29) is 5.96 Å². The number of thiazole rings is 1. The van der Waals surface area contributed by atoms with Gasteiger partial charge in [0, 0.05) is 29.7 Å². The van der Waals surface area contributed by atoms with Crippen molar-refractivity contribution >= 4 is 28.1 Å². The summed E-state index contributed by atoms with van der Waals surface area (Å²) in [6.07, 6.45) is 2.57. The summed E-state index contributed by atoms with van der Waals surface area (Å²) in [6.45, 7) is 2.31. The number of aromatic nitrogens is 1. The number of nitrogens with two attached hydrogens (primary N) is 2. The van der Waals surface area contributed by atoms with E-state index in [1.165, 1.54) is 29.9 Å². The van der Waals surface area contributed by atoms with Gasteiger partial charge in [0.15, 0.2) is 5.96 Å². The van der Waals surface area contributed by atoms with Crippen LogP contribution < -0.4 is 16.4 Å². The summed E-state index contributed by atoms with van der Waals surface area (Å²) in [4.78, 5) is 10.8. The molecule has 104 valence electrons. The van der Waals surface area contributed by atoms with Crippen molar-refractivity contribution in [2.45, 2.75) is 12.8 Å². The van der Waals surface area contributed by atoms with Crippen LogP contribution in [0.5, 0.6) is 0 Å². The van der Waals surface area contributed by atoms with Crippen LogP contribution in [0.15, 0.2) is 34.6 Å². The van der Waals surface area contributed by atoms with Gasteiger partial charge in [-0.1, -0.05) is 12.1 Å². The Kier molecular flexibility index (Phi) is 3.56. The van der Waals surface area contributed by atoms with E-state index in [9.17, 15) is 0 Å². The number of anilines is 1. The van der Waals surface area contributed by atoms with Gasteiger partial charge in [0.05, 0.1) is 5.69 Å². The molecule has 6 heteroatoms. The maximum atomic E-state index is 5.35. The van der Waals surface area contributed by atoms with Crippen LogP contribution >= 0.6 is 11.3 Å². The van der Waals surface area contributed by atoms with Crippen molar-refractivity contribution in [2.75, 3.05) is 18.0 Å². The Balaban J connectivity index is 1.80. The van der Waals surface area contributed by atoms with Crippen molar-refractivity contribution in [3.63, 3.8) is 0 Å². The minimum absolute atomic E-state index is 0.0373. The molecule has 0 atom stereocenters. The molecule has 5 nitrogen and oxygen atoms in total. The van der Waals surface area contributed by atoms with Gasteiger partial charge in [-0.05, 0) is 25.0 Å². The Morgan fingerprint density at radius 3 is 2.50 bits per heavy atom. The number of guanidine groups is 1. The molecule has 4 N–H and O–H groups in total. The molecule has 0 unspecified atom stereocenters. The lowest BCUT2D eigenvalue weighted by atomic mass is 10.1. The summed E-state index contributed by atoms with van der Waals surface area (Å²) < 4.78 is 0. The highest BCUT2D eigenvalue weighted by Crippen LogP contribution is 2.28. The predicted octanol–water partition coefficient (Wildman–Crippen LogP) is 2.32. The summed E-state index contributed by atoms with van der Waals surface area (Å²) >= 11 is 1.43. The van der Waals surface area contributed by atoms with Crippen LogP contribution in [0.25, 0.3) is 11.3 Å². The first-order chi connectivity index (χ1) is 9.72.